The molecule has 0 aliphatic rings. The molecular formula is C19H27NO. The van der Waals surface area contributed by atoms with Gasteiger partial charge in [0.2, 0.25) is 0 Å². The van der Waals surface area contributed by atoms with Gasteiger partial charge in [0.25, 0.3) is 0 Å². The Morgan fingerprint density at radius 3 is 2.29 bits per heavy atom. The van der Waals surface area contributed by atoms with Crippen LogP contribution in [0, 0.1) is 5.41 Å². The average molecular weight is 285 g/mol. The Bertz CT molecular complexity index is 598. The molecule has 0 heterocycles. The Balaban J connectivity index is 2.58. The lowest BCUT2D eigenvalue weighted by Crippen LogP contribution is -2.33. The summed E-state index contributed by atoms with van der Waals surface area (Å²) in [6, 6.07) is 13.1. The van der Waals surface area contributed by atoms with Crippen LogP contribution in [0.1, 0.15) is 45.7 Å². The summed E-state index contributed by atoms with van der Waals surface area (Å²) < 4.78 is 5.51. The van der Waals surface area contributed by atoms with Crippen LogP contribution in [0.3, 0.4) is 0 Å². The molecule has 0 aliphatic heterocycles. The number of benzene rings is 2. The van der Waals surface area contributed by atoms with Crippen molar-refractivity contribution in [2.45, 2.75) is 40.2 Å². The van der Waals surface area contributed by atoms with Gasteiger partial charge in [-0.15, -0.1) is 0 Å². The van der Waals surface area contributed by atoms with Crippen molar-refractivity contribution in [3.05, 3.63) is 42.0 Å². The summed E-state index contributed by atoms with van der Waals surface area (Å²) >= 11 is 0. The minimum atomic E-state index is 0.159. The molecule has 0 saturated carbocycles. The van der Waals surface area contributed by atoms with Crippen LogP contribution in [0.15, 0.2) is 36.4 Å². The molecule has 0 saturated heterocycles. The number of hydrogen-bond acceptors (Lipinski definition) is 2. The highest BCUT2D eigenvalue weighted by molar-refractivity contribution is 5.91. The second kappa shape index (κ2) is 6.48. The Hall–Kier alpha value is -1.54. The fourth-order valence-corrected chi connectivity index (χ4v) is 2.90. The molecular weight excluding hydrogens is 258 g/mol. The summed E-state index contributed by atoms with van der Waals surface area (Å²) in [6.45, 7) is 10.1. The standard InChI is InChI=1S/C19H27NO/c1-6-13-20-18(19(2,3)4)16-11-12-17(21-5)15-10-8-7-9-14(15)16/h7-12,18,20H,6,13H2,1-5H3. The number of fused-ring (bicyclic) bond motifs is 1. The van der Waals surface area contributed by atoms with Crippen LogP contribution in [-0.4, -0.2) is 13.7 Å². The molecule has 1 atom stereocenters. The molecule has 0 aromatic heterocycles. The van der Waals surface area contributed by atoms with Crippen LogP contribution < -0.4 is 10.1 Å². The molecule has 2 heteroatoms. The fourth-order valence-electron chi connectivity index (χ4n) is 2.90. The lowest BCUT2D eigenvalue weighted by molar-refractivity contribution is 0.275. The van der Waals surface area contributed by atoms with E-state index in [4.69, 9.17) is 4.74 Å². The van der Waals surface area contributed by atoms with E-state index in [1.807, 2.05) is 0 Å². The Kier molecular flexibility index (Phi) is 4.89. The maximum absolute atomic E-state index is 5.51. The quantitative estimate of drug-likeness (QED) is 0.840. The number of hydrogen-bond donors (Lipinski definition) is 1. The minimum absolute atomic E-state index is 0.159. The molecule has 2 aromatic carbocycles. The molecule has 1 N–H and O–H groups in total. The van der Waals surface area contributed by atoms with Crippen molar-refractivity contribution in [2.24, 2.45) is 5.41 Å². The predicted molar refractivity (Wildman–Crippen MR) is 91.0 cm³/mol. The first-order chi connectivity index (χ1) is 9.99. The molecule has 2 aromatic rings. The third-order valence-electron chi connectivity index (χ3n) is 3.91. The van der Waals surface area contributed by atoms with Gasteiger partial charge < -0.3 is 10.1 Å². The number of nitrogens with one attached hydrogen (secondary N) is 1. The van der Waals surface area contributed by atoms with E-state index < -0.39 is 0 Å². The van der Waals surface area contributed by atoms with Gasteiger partial charge in [-0.25, -0.2) is 0 Å². The predicted octanol–water partition coefficient (Wildman–Crippen LogP) is 4.94. The van der Waals surface area contributed by atoms with Crippen molar-refractivity contribution in [2.75, 3.05) is 13.7 Å². The van der Waals surface area contributed by atoms with Gasteiger partial charge >= 0.3 is 0 Å². The van der Waals surface area contributed by atoms with Crippen molar-refractivity contribution >= 4 is 10.8 Å². The monoisotopic (exact) mass is 285 g/mol. The largest absolute Gasteiger partial charge is 0.496 e. The lowest BCUT2D eigenvalue weighted by atomic mass is 9.80. The van der Waals surface area contributed by atoms with Gasteiger partial charge in [0.15, 0.2) is 0 Å². The lowest BCUT2D eigenvalue weighted by Gasteiger charge is -2.33. The zero-order valence-electron chi connectivity index (χ0n) is 13.9. The van der Waals surface area contributed by atoms with E-state index in [0.717, 1.165) is 18.7 Å². The van der Waals surface area contributed by atoms with Gasteiger partial charge in [-0.1, -0.05) is 58.0 Å². The SMILES string of the molecule is CCCNC(c1ccc(OC)c2ccccc12)C(C)(C)C. The second-order valence-corrected chi connectivity index (χ2v) is 6.66. The van der Waals surface area contributed by atoms with E-state index in [1.54, 1.807) is 7.11 Å². The second-order valence-electron chi connectivity index (χ2n) is 6.66. The number of rotatable bonds is 5. The van der Waals surface area contributed by atoms with Crippen LogP contribution in [0.25, 0.3) is 10.8 Å². The summed E-state index contributed by atoms with van der Waals surface area (Å²) in [5.41, 5.74) is 1.51. The smallest absolute Gasteiger partial charge is 0.126 e. The average Bonchev–Trinajstić information content (AvgIpc) is 2.46. The van der Waals surface area contributed by atoms with Gasteiger partial charge in [-0.2, -0.15) is 0 Å². The molecule has 2 nitrogen and oxygen atoms in total. The van der Waals surface area contributed by atoms with E-state index in [0.29, 0.717) is 6.04 Å². The van der Waals surface area contributed by atoms with E-state index in [2.05, 4.69) is 69.4 Å². The molecule has 114 valence electrons. The minimum Gasteiger partial charge on any atom is -0.496 e. The highest BCUT2D eigenvalue weighted by Crippen LogP contribution is 2.38. The van der Waals surface area contributed by atoms with Crippen molar-refractivity contribution in [1.29, 1.82) is 0 Å². The zero-order valence-corrected chi connectivity index (χ0v) is 13.9. The molecule has 1 unspecified atom stereocenters. The van der Waals surface area contributed by atoms with Gasteiger partial charge in [0.05, 0.1) is 7.11 Å². The summed E-state index contributed by atoms with van der Waals surface area (Å²) in [6.07, 6.45) is 1.14. The Morgan fingerprint density at radius 1 is 1.05 bits per heavy atom. The van der Waals surface area contributed by atoms with Crippen LogP contribution in [-0.2, 0) is 0 Å². The Morgan fingerprint density at radius 2 is 1.71 bits per heavy atom. The molecule has 0 bridgehead atoms. The molecule has 2 rings (SSSR count). The molecule has 0 spiro atoms. The van der Waals surface area contributed by atoms with Crippen LogP contribution >= 0.6 is 0 Å². The fraction of sp³-hybridized carbons (Fsp3) is 0.474. The molecule has 0 fully saturated rings. The normalized spacial score (nSPS) is 13.4. The molecule has 0 amide bonds. The summed E-state index contributed by atoms with van der Waals surface area (Å²) in [7, 11) is 1.73. The maximum Gasteiger partial charge on any atom is 0.126 e. The van der Waals surface area contributed by atoms with Crippen molar-refractivity contribution in [1.82, 2.24) is 5.32 Å². The topological polar surface area (TPSA) is 21.3 Å². The summed E-state index contributed by atoms with van der Waals surface area (Å²) in [5, 5.41) is 6.18. The van der Waals surface area contributed by atoms with E-state index >= 15 is 0 Å². The highest BCUT2D eigenvalue weighted by atomic mass is 16.5. The van der Waals surface area contributed by atoms with Crippen LogP contribution in [0.2, 0.25) is 0 Å². The third-order valence-corrected chi connectivity index (χ3v) is 3.91. The third kappa shape index (κ3) is 3.38. The first-order valence-electron chi connectivity index (χ1n) is 7.78. The molecule has 0 radical (unpaired) electrons. The molecule has 21 heavy (non-hydrogen) atoms. The van der Waals surface area contributed by atoms with Crippen LogP contribution in [0.5, 0.6) is 5.75 Å². The van der Waals surface area contributed by atoms with Gasteiger partial charge in [-0.05, 0) is 35.4 Å². The van der Waals surface area contributed by atoms with Crippen molar-refractivity contribution in [3.63, 3.8) is 0 Å². The summed E-state index contributed by atoms with van der Waals surface area (Å²) in [4.78, 5) is 0. The Labute approximate surface area is 128 Å². The molecule has 0 aliphatic carbocycles. The first kappa shape index (κ1) is 15.8. The van der Waals surface area contributed by atoms with Crippen molar-refractivity contribution in [3.8, 4) is 5.75 Å². The number of ether oxygens (including phenoxy) is 1. The van der Waals surface area contributed by atoms with Gasteiger partial charge in [0, 0.05) is 11.4 Å². The maximum atomic E-state index is 5.51. The van der Waals surface area contributed by atoms with Gasteiger partial charge in [0.1, 0.15) is 5.75 Å². The van der Waals surface area contributed by atoms with Crippen LogP contribution in [0.4, 0.5) is 0 Å². The first-order valence-corrected chi connectivity index (χ1v) is 7.78. The van der Waals surface area contributed by atoms with Crippen molar-refractivity contribution < 1.29 is 4.74 Å². The van der Waals surface area contributed by atoms with Gasteiger partial charge in [-0.3, -0.25) is 0 Å². The number of methoxy groups -OCH3 is 1. The zero-order chi connectivity index (χ0) is 15.5. The van der Waals surface area contributed by atoms with E-state index in [9.17, 15) is 0 Å². The summed E-state index contributed by atoms with van der Waals surface area (Å²) in [5.74, 6) is 0.942. The van der Waals surface area contributed by atoms with E-state index in [-0.39, 0.29) is 5.41 Å². The van der Waals surface area contributed by atoms with E-state index in [1.165, 1.54) is 16.3 Å². The highest BCUT2D eigenvalue weighted by Gasteiger charge is 2.27.